The molecule has 1 heterocycles. The van der Waals surface area contributed by atoms with E-state index < -0.39 is 0 Å². The van der Waals surface area contributed by atoms with Gasteiger partial charge in [-0.3, -0.25) is 4.79 Å². The second-order valence-corrected chi connectivity index (χ2v) is 6.33. The standard InChI is InChI=1S/C16H29NO2/c1-2-10-16(11-7-12-17-13-16)15(18)19-14-8-5-3-4-6-9-14/h14,17H,2-13H2,1H3. The third kappa shape index (κ3) is 3.95. The molecule has 0 aromatic carbocycles. The Hall–Kier alpha value is -0.570. The van der Waals surface area contributed by atoms with Crippen molar-refractivity contribution in [3.8, 4) is 0 Å². The van der Waals surface area contributed by atoms with E-state index >= 15 is 0 Å². The van der Waals surface area contributed by atoms with Gasteiger partial charge in [0.2, 0.25) is 0 Å². The molecule has 110 valence electrons. The van der Waals surface area contributed by atoms with Gasteiger partial charge in [0.25, 0.3) is 0 Å². The maximum Gasteiger partial charge on any atom is 0.313 e. The quantitative estimate of drug-likeness (QED) is 0.626. The summed E-state index contributed by atoms with van der Waals surface area (Å²) in [4.78, 5) is 12.6. The van der Waals surface area contributed by atoms with Crippen LogP contribution in [0.25, 0.3) is 0 Å². The smallest absolute Gasteiger partial charge is 0.313 e. The van der Waals surface area contributed by atoms with Crippen LogP contribution in [0.3, 0.4) is 0 Å². The fraction of sp³-hybridized carbons (Fsp3) is 0.938. The van der Waals surface area contributed by atoms with E-state index in [2.05, 4.69) is 12.2 Å². The minimum Gasteiger partial charge on any atom is -0.462 e. The van der Waals surface area contributed by atoms with E-state index in [0.717, 1.165) is 51.6 Å². The molecule has 0 spiro atoms. The van der Waals surface area contributed by atoms with Crippen molar-refractivity contribution in [1.29, 1.82) is 0 Å². The van der Waals surface area contributed by atoms with E-state index in [4.69, 9.17) is 4.74 Å². The van der Waals surface area contributed by atoms with Gasteiger partial charge in [-0.1, -0.05) is 26.2 Å². The van der Waals surface area contributed by atoms with E-state index in [1.54, 1.807) is 0 Å². The summed E-state index contributed by atoms with van der Waals surface area (Å²) in [5.74, 6) is 0.0773. The van der Waals surface area contributed by atoms with Gasteiger partial charge in [-0.2, -0.15) is 0 Å². The van der Waals surface area contributed by atoms with Crippen LogP contribution >= 0.6 is 0 Å². The van der Waals surface area contributed by atoms with Crippen LogP contribution in [0.4, 0.5) is 0 Å². The van der Waals surface area contributed by atoms with Crippen molar-refractivity contribution >= 4 is 5.97 Å². The van der Waals surface area contributed by atoms with Gasteiger partial charge in [0.15, 0.2) is 0 Å². The van der Waals surface area contributed by atoms with Gasteiger partial charge < -0.3 is 10.1 Å². The summed E-state index contributed by atoms with van der Waals surface area (Å²) in [5, 5.41) is 3.39. The summed E-state index contributed by atoms with van der Waals surface area (Å²) in [5.41, 5.74) is -0.237. The number of nitrogens with one attached hydrogen (secondary N) is 1. The number of esters is 1. The van der Waals surface area contributed by atoms with Crippen LogP contribution in [0.15, 0.2) is 0 Å². The van der Waals surface area contributed by atoms with E-state index in [0.29, 0.717) is 0 Å². The number of ether oxygens (including phenoxy) is 1. The Morgan fingerprint density at radius 3 is 2.53 bits per heavy atom. The third-order valence-electron chi connectivity index (χ3n) is 4.71. The molecule has 1 N–H and O–H groups in total. The largest absolute Gasteiger partial charge is 0.462 e. The van der Waals surface area contributed by atoms with Crippen LogP contribution in [0, 0.1) is 5.41 Å². The highest BCUT2D eigenvalue weighted by atomic mass is 16.5. The summed E-state index contributed by atoms with van der Waals surface area (Å²) in [7, 11) is 0. The van der Waals surface area contributed by atoms with Crippen molar-refractivity contribution in [2.24, 2.45) is 5.41 Å². The lowest BCUT2D eigenvalue weighted by Crippen LogP contribution is -2.47. The van der Waals surface area contributed by atoms with Crippen LogP contribution in [-0.4, -0.2) is 25.2 Å². The molecule has 1 unspecified atom stereocenters. The van der Waals surface area contributed by atoms with Gasteiger partial charge in [0.05, 0.1) is 5.41 Å². The Morgan fingerprint density at radius 2 is 1.95 bits per heavy atom. The molecule has 1 atom stereocenters. The summed E-state index contributed by atoms with van der Waals surface area (Å²) < 4.78 is 5.89. The molecule has 3 nitrogen and oxygen atoms in total. The first-order valence-electron chi connectivity index (χ1n) is 8.19. The maximum atomic E-state index is 12.6. The van der Waals surface area contributed by atoms with Gasteiger partial charge in [-0.15, -0.1) is 0 Å². The molecule has 2 aliphatic rings. The maximum absolute atomic E-state index is 12.6. The Morgan fingerprint density at radius 1 is 1.21 bits per heavy atom. The molecule has 1 aliphatic heterocycles. The first-order valence-corrected chi connectivity index (χ1v) is 8.19. The Kier molecular flexibility index (Phi) is 5.68. The number of hydrogen-bond donors (Lipinski definition) is 1. The Balaban J connectivity index is 1.94. The molecule has 0 radical (unpaired) electrons. The van der Waals surface area contributed by atoms with Crippen LogP contribution < -0.4 is 5.32 Å². The molecule has 1 saturated heterocycles. The lowest BCUT2D eigenvalue weighted by Gasteiger charge is -2.36. The number of carbonyl (C=O) groups excluding carboxylic acids is 1. The molecule has 19 heavy (non-hydrogen) atoms. The van der Waals surface area contributed by atoms with Crippen LogP contribution in [0.5, 0.6) is 0 Å². The van der Waals surface area contributed by atoms with Crippen LogP contribution in [-0.2, 0) is 9.53 Å². The average Bonchev–Trinajstić information content (AvgIpc) is 2.69. The molecular weight excluding hydrogens is 238 g/mol. The van der Waals surface area contributed by atoms with Crippen LogP contribution in [0.2, 0.25) is 0 Å². The van der Waals surface area contributed by atoms with E-state index in [1.165, 1.54) is 25.7 Å². The second-order valence-electron chi connectivity index (χ2n) is 6.33. The van der Waals surface area contributed by atoms with Gasteiger partial charge in [-0.05, 0) is 51.5 Å². The number of piperidine rings is 1. The molecule has 0 aromatic heterocycles. The minimum absolute atomic E-state index is 0.0773. The van der Waals surface area contributed by atoms with Crippen molar-refractivity contribution < 1.29 is 9.53 Å². The predicted molar refractivity (Wildman–Crippen MR) is 77.0 cm³/mol. The topological polar surface area (TPSA) is 38.3 Å². The van der Waals surface area contributed by atoms with E-state index in [1.807, 2.05) is 0 Å². The van der Waals surface area contributed by atoms with Crippen molar-refractivity contribution in [2.75, 3.05) is 13.1 Å². The summed E-state index contributed by atoms with van der Waals surface area (Å²) in [6.45, 7) is 4.02. The zero-order chi connectivity index (χ0) is 13.6. The highest BCUT2D eigenvalue weighted by Gasteiger charge is 2.41. The van der Waals surface area contributed by atoms with Crippen molar-refractivity contribution in [3.63, 3.8) is 0 Å². The third-order valence-corrected chi connectivity index (χ3v) is 4.71. The molecule has 1 aliphatic carbocycles. The monoisotopic (exact) mass is 267 g/mol. The van der Waals surface area contributed by atoms with Gasteiger partial charge >= 0.3 is 5.97 Å². The first kappa shape index (κ1) is 14.8. The highest BCUT2D eigenvalue weighted by Crippen LogP contribution is 2.34. The normalized spacial score (nSPS) is 29.7. The van der Waals surface area contributed by atoms with E-state index in [9.17, 15) is 4.79 Å². The van der Waals surface area contributed by atoms with Gasteiger partial charge in [0, 0.05) is 6.54 Å². The zero-order valence-corrected chi connectivity index (χ0v) is 12.4. The number of hydrogen-bond acceptors (Lipinski definition) is 3. The fourth-order valence-electron chi connectivity index (χ4n) is 3.57. The first-order chi connectivity index (χ1) is 9.27. The van der Waals surface area contributed by atoms with Crippen molar-refractivity contribution in [1.82, 2.24) is 5.32 Å². The Bertz CT molecular complexity index is 271. The molecule has 0 bridgehead atoms. The zero-order valence-electron chi connectivity index (χ0n) is 12.4. The van der Waals surface area contributed by atoms with Crippen molar-refractivity contribution in [2.45, 2.75) is 77.2 Å². The molecule has 0 amide bonds. The van der Waals surface area contributed by atoms with Gasteiger partial charge in [-0.25, -0.2) is 0 Å². The van der Waals surface area contributed by atoms with Gasteiger partial charge in [0.1, 0.15) is 6.10 Å². The minimum atomic E-state index is -0.237. The molecule has 3 heteroatoms. The Labute approximate surface area is 117 Å². The second kappa shape index (κ2) is 7.28. The molecular formula is C16H29NO2. The molecule has 1 saturated carbocycles. The lowest BCUT2D eigenvalue weighted by molar-refractivity contribution is -0.164. The molecule has 2 fully saturated rings. The number of rotatable bonds is 4. The summed E-state index contributed by atoms with van der Waals surface area (Å²) in [6, 6.07) is 0. The summed E-state index contributed by atoms with van der Waals surface area (Å²) in [6.07, 6.45) is 11.5. The number of carbonyl (C=O) groups is 1. The molecule has 0 aromatic rings. The average molecular weight is 267 g/mol. The van der Waals surface area contributed by atoms with E-state index in [-0.39, 0.29) is 17.5 Å². The predicted octanol–water partition coefficient (Wildman–Crippen LogP) is 3.42. The van der Waals surface area contributed by atoms with Crippen LogP contribution in [0.1, 0.15) is 71.1 Å². The highest BCUT2D eigenvalue weighted by molar-refractivity contribution is 5.77. The lowest BCUT2D eigenvalue weighted by atomic mass is 9.77. The summed E-state index contributed by atoms with van der Waals surface area (Å²) >= 11 is 0. The van der Waals surface area contributed by atoms with Crippen molar-refractivity contribution in [3.05, 3.63) is 0 Å². The molecule has 2 rings (SSSR count). The SMILES string of the molecule is CCCC1(C(=O)OC2CCCCCC2)CCCNC1. The fourth-order valence-corrected chi connectivity index (χ4v) is 3.57.